The van der Waals surface area contributed by atoms with Crippen molar-refractivity contribution in [2.45, 2.75) is 6.54 Å². The number of halogens is 1. The number of pyridine rings is 1. The van der Waals surface area contributed by atoms with Gasteiger partial charge in [0.1, 0.15) is 5.21 Å². The molecule has 0 saturated carbocycles. The van der Waals surface area contributed by atoms with Crippen LogP contribution in [0.25, 0.3) is 0 Å². The van der Waals surface area contributed by atoms with E-state index in [1.807, 2.05) is 6.07 Å². The maximum atomic E-state index is 11.3. The summed E-state index contributed by atoms with van der Waals surface area (Å²) in [6.45, 7) is 0.246. The topological polar surface area (TPSA) is 50.3 Å². The smallest absolute Gasteiger partial charge is 0.228 e. The highest BCUT2D eigenvalue weighted by Gasteiger charge is 2.16. The summed E-state index contributed by atoms with van der Waals surface area (Å²) in [6, 6.07) is 5.35. The lowest BCUT2D eigenvalue weighted by molar-refractivity contribution is 0.466. The summed E-state index contributed by atoms with van der Waals surface area (Å²) < 4.78 is 23.7. The molecule has 0 atom stereocenters. The van der Waals surface area contributed by atoms with E-state index in [2.05, 4.69) is 4.98 Å². The number of alkyl halides is 1. The molecule has 0 N–H and O–H groups in total. The van der Waals surface area contributed by atoms with Gasteiger partial charge in [-0.05, 0) is 12.1 Å². The van der Waals surface area contributed by atoms with Gasteiger partial charge in [-0.2, -0.15) is 4.31 Å². The zero-order valence-electron chi connectivity index (χ0n) is 7.72. The second-order valence-corrected chi connectivity index (χ2v) is 5.46. The lowest BCUT2D eigenvalue weighted by Crippen LogP contribution is -2.27. The molecular weight excluding hydrogens is 224 g/mol. The van der Waals surface area contributed by atoms with Crippen molar-refractivity contribution in [1.29, 1.82) is 0 Å². The SMILES string of the molecule is CN(Cc1ccccn1)S(=O)(=O)CCl. The highest BCUT2D eigenvalue weighted by molar-refractivity contribution is 7.90. The van der Waals surface area contributed by atoms with Crippen molar-refractivity contribution in [2.24, 2.45) is 0 Å². The van der Waals surface area contributed by atoms with Crippen LogP contribution in [0.4, 0.5) is 0 Å². The maximum Gasteiger partial charge on any atom is 0.228 e. The minimum atomic E-state index is -3.34. The number of rotatable bonds is 4. The molecule has 4 nitrogen and oxygen atoms in total. The molecule has 6 heteroatoms. The second kappa shape index (κ2) is 4.72. The number of nitrogens with zero attached hydrogens (tertiary/aromatic N) is 2. The van der Waals surface area contributed by atoms with E-state index in [0.29, 0.717) is 5.69 Å². The van der Waals surface area contributed by atoms with Gasteiger partial charge in [-0.25, -0.2) is 8.42 Å². The van der Waals surface area contributed by atoms with Crippen molar-refractivity contribution in [1.82, 2.24) is 9.29 Å². The summed E-state index contributed by atoms with van der Waals surface area (Å²) in [6.07, 6.45) is 1.62. The van der Waals surface area contributed by atoms with Crippen LogP contribution in [0.15, 0.2) is 24.4 Å². The molecule has 0 aromatic carbocycles. The fourth-order valence-corrected chi connectivity index (χ4v) is 1.90. The van der Waals surface area contributed by atoms with Crippen LogP contribution in [-0.2, 0) is 16.6 Å². The largest absolute Gasteiger partial charge is 0.260 e. The quantitative estimate of drug-likeness (QED) is 0.732. The lowest BCUT2D eigenvalue weighted by Gasteiger charge is -2.14. The average Bonchev–Trinajstić information content (AvgIpc) is 2.19. The number of sulfonamides is 1. The monoisotopic (exact) mass is 234 g/mol. The predicted molar refractivity (Wildman–Crippen MR) is 55.3 cm³/mol. The van der Waals surface area contributed by atoms with Crippen LogP contribution in [0, 0.1) is 0 Å². The number of hydrogen-bond donors (Lipinski definition) is 0. The van der Waals surface area contributed by atoms with Gasteiger partial charge in [-0.15, -0.1) is 11.6 Å². The Kier molecular flexibility index (Phi) is 3.86. The van der Waals surface area contributed by atoms with Crippen molar-refractivity contribution >= 4 is 21.6 Å². The minimum Gasteiger partial charge on any atom is -0.260 e. The maximum absolute atomic E-state index is 11.3. The van der Waals surface area contributed by atoms with Crippen LogP contribution in [0.5, 0.6) is 0 Å². The van der Waals surface area contributed by atoms with Crippen LogP contribution >= 0.6 is 11.6 Å². The Hall–Kier alpha value is -0.650. The minimum absolute atomic E-state index is 0.246. The van der Waals surface area contributed by atoms with Crippen LogP contribution < -0.4 is 0 Å². The number of aromatic nitrogens is 1. The Bertz CT molecular complexity index is 380. The van der Waals surface area contributed by atoms with Gasteiger partial charge >= 0.3 is 0 Å². The number of hydrogen-bond acceptors (Lipinski definition) is 3. The van der Waals surface area contributed by atoms with E-state index < -0.39 is 15.2 Å². The van der Waals surface area contributed by atoms with E-state index in [1.165, 1.54) is 11.4 Å². The van der Waals surface area contributed by atoms with Crippen molar-refractivity contribution in [3.63, 3.8) is 0 Å². The highest BCUT2D eigenvalue weighted by atomic mass is 35.5. The van der Waals surface area contributed by atoms with Gasteiger partial charge in [0.2, 0.25) is 10.0 Å². The van der Waals surface area contributed by atoms with Gasteiger partial charge in [0.25, 0.3) is 0 Å². The van der Waals surface area contributed by atoms with Gasteiger partial charge in [0.15, 0.2) is 0 Å². The standard InChI is InChI=1S/C8H11ClN2O2S/c1-11(14(12,13)7-9)6-8-4-2-3-5-10-8/h2-5H,6-7H2,1H3. The zero-order valence-corrected chi connectivity index (χ0v) is 9.29. The lowest BCUT2D eigenvalue weighted by atomic mass is 10.3. The van der Waals surface area contributed by atoms with Crippen molar-refractivity contribution < 1.29 is 8.42 Å². The van der Waals surface area contributed by atoms with Gasteiger partial charge in [0, 0.05) is 13.2 Å². The molecule has 1 rings (SSSR count). The fourth-order valence-electron chi connectivity index (χ4n) is 0.901. The molecule has 0 amide bonds. The zero-order chi connectivity index (χ0) is 10.6. The Morgan fingerprint density at radius 2 is 2.21 bits per heavy atom. The normalized spacial score (nSPS) is 11.9. The van der Waals surface area contributed by atoms with E-state index in [4.69, 9.17) is 11.6 Å². The highest BCUT2D eigenvalue weighted by Crippen LogP contribution is 2.05. The molecule has 14 heavy (non-hydrogen) atoms. The van der Waals surface area contributed by atoms with Crippen molar-refractivity contribution in [3.05, 3.63) is 30.1 Å². The summed E-state index contributed by atoms with van der Waals surface area (Å²) in [5.41, 5.74) is 0.698. The average molecular weight is 235 g/mol. The molecule has 0 spiro atoms. The summed E-state index contributed by atoms with van der Waals surface area (Å²) in [7, 11) is -1.86. The Labute approximate surface area is 88.6 Å². The molecule has 0 aliphatic heterocycles. The van der Waals surface area contributed by atoms with Gasteiger partial charge < -0.3 is 0 Å². The first kappa shape index (κ1) is 11.4. The van der Waals surface area contributed by atoms with E-state index in [1.54, 1.807) is 18.3 Å². The third-order valence-electron chi connectivity index (χ3n) is 1.72. The van der Waals surface area contributed by atoms with Crippen LogP contribution in [-0.4, -0.2) is 30.0 Å². The Balaban J connectivity index is 2.72. The first-order chi connectivity index (χ1) is 6.56. The first-order valence-electron chi connectivity index (χ1n) is 3.96. The van der Waals surface area contributed by atoms with E-state index in [-0.39, 0.29) is 6.54 Å². The molecule has 1 aromatic heterocycles. The first-order valence-corrected chi connectivity index (χ1v) is 6.10. The molecule has 0 bridgehead atoms. The third-order valence-corrected chi connectivity index (χ3v) is 3.91. The van der Waals surface area contributed by atoms with Crippen LogP contribution in [0.2, 0.25) is 0 Å². The summed E-state index contributed by atoms with van der Waals surface area (Å²) in [5, 5.41) is -0.406. The Morgan fingerprint density at radius 3 is 2.71 bits per heavy atom. The van der Waals surface area contributed by atoms with Gasteiger partial charge in [-0.1, -0.05) is 6.07 Å². The summed E-state index contributed by atoms with van der Waals surface area (Å²) in [4.78, 5) is 4.02. The molecule has 78 valence electrons. The van der Waals surface area contributed by atoms with Crippen LogP contribution in [0.3, 0.4) is 0 Å². The van der Waals surface area contributed by atoms with Gasteiger partial charge in [0.05, 0.1) is 12.2 Å². The molecule has 0 saturated heterocycles. The predicted octanol–water partition coefficient (Wildman–Crippen LogP) is 1.04. The van der Waals surface area contributed by atoms with E-state index >= 15 is 0 Å². The molecule has 0 radical (unpaired) electrons. The molecule has 0 aliphatic carbocycles. The van der Waals surface area contributed by atoms with Crippen LogP contribution in [0.1, 0.15) is 5.69 Å². The van der Waals surface area contributed by atoms with Crippen molar-refractivity contribution in [2.75, 3.05) is 12.3 Å². The fraction of sp³-hybridized carbons (Fsp3) is 0.375. The molecule has 0 aliphatic rings. The Morgan fingerprint density at radius 1 is 1.50 bits per heavy atom. The van der Waals surface area contributed by atoms with Crippen molar-refractivity contribution in [3.8, 4) is 0 Å². The molecular formula is C8H11ClN2O2S. The molecule has 1 aromatic rings. The molecule has 0 unspecified atom stereocenters. The summed E-state index contributed by atoms with van der Waals surface area (Å²) in [5.74, 6) is 0. The van der Waals surface area contributed by atoms with Gasteiger partial charge in [-0.3, -0.25) is 4.98 Å². The second-order valence-electron chi connectivity index (χ2n) is 2.80. The molecule has 1 heterocycles. The van der Waals surface area contributed by atoms with E-state index in [9.17, 15) is 8.42 Å². The van der Waals surface area contributed by atoms with E-state index in [0.717, 1.165) is 0 Å². The third kappa shape index (κ3) is 2.94. The summed E-state index contributed by atoms with van der Waals surface area (Å²) >= 11 is 5.30. The molecule has 0 fully saturated rings.